The topological polar surface area (TPSA) is 12.0 Å². The normalized spacial score (nSPS) is 17.1. The molecule has 0 heterocycles. The first kappa shape index (κ1) is 13.0. The summed E-state index contributed by atoms with van der Waals surface area (Å²) >= 11 is 0. The number of hydrogen-bond acceptors (Lipinski definition) is 1. The van der Waals surface area contributed by atoms with Crippen molar-refractivity contribution in [2.75, 3.05) is 6.54 Å². The summed E-state index contributed by atoms with van der Waals surface area (Å²) in [4.78, 5) is 0. The van der Waals surface area contributed by atoms with E-state index in [1.165, 1.54) is 12.8 Å². The van der Waals surface area contributed by atoms with Crippen molar-refractivity contribution in [2.24, 2.45) is 11.8 Å². The largest absolute Gasteiger partial charge is 0.312 e. The van der Waals surface area contributed by atoms with E-state index in [9.17, 15) is 0 Å². The van der Waals surface area contributed by atoms with E-state index in [-0.39, 0.29) is 5.54 Å². The average molecular weight is 185 g/mol. The van der Waals surface area contributed by atoms with Gasteiger partial charge >= 0.3 is 0 Å². The smallest absolute Gasteiger partial charge is 0.00966 e. The maximum absolute atomic E-state index is 3.55. The van der Waals surface area contributed by atoms with Gasteiger partial charge in [-0.25, -0.2) is 0 Å². The minimum absolute atomic E-state index is 0.268. The van der Waals surface area contributed by atoms with Crippen molar-refractivity contribution >= 4 is 0 Å². The Bertz CT molecular complexity index is 124. The summed E-state index contributed by atoms with van der Waals surface area (Å²) in [6, 6.07) is 0. The fraction of sp³-hybridized carbons (Fsp3) is 1.00. The molecule has 0 aromatic heterocycles. The zero-order valence-electron chi connectivity index (χ0n) is 10.3. The molecule has 0 saturated carbocycles. The van der Waals surface area contributed by atoms with Crippen molar-refractivity contribution in [3.63, 3.8) is 0 Å². The van der Waals surface area contributed by atoms with Crippen LogP contribution >= 0.6 is 0 Å². The third-order valence-electron chi connectivity index (χ3n) is 2.48. The number of nitrogens with one attached hydrogen (secondary N) is 1. The lowest BCUT2D eigenvalue weighted by Gasteiger charge is -2.24. The highest BCUT2D eigenvalue weighted by molar-refractivity contribution is 4.72. The molecule has 0 fully saturated rings. The van der Waals surface area contributed by atoms with Gasteiger partial charge in [0.2, 0.25) is 0 Å². The van der Waals surface area contributed by atoms with Gasteiger partial charge in [-0.05, 0) is 45.6 Å². The summed E-state index contributed by atoms with van der Waals surface area (Å²) in [6.45, 7) is 14.8. The van der Waals surface area contributed by atoms with Gasteiger partial charge in [0, 0.05) is 5.54 Å². The zero-order chi connectivity index (χ0) is 10.5. The van der Waals surface area contributed by atoms with Gasteiger partial charge in [-0.15, -0.1) is 0 Å². The van der Waals surface area contributed by atoms with Gasteiger partial charge < -0.3 is 5.32 Å². The van der Waals surface area contributed by atoms with Gasteiger partial charge in [-0.3, -0.25) is 0 Å². The lowest BCUT2D eigenvalue weighted by molar-refractivity contribution is 0.338. The molecule has 2 unspecified atom stereocenters. The van der Waals surface area contributed by atoms with Crippen LogP contribution in [0.15, 0.2) is 0 Å². The summed E-state index contributed by atoms with van der Waals surface area (Å²) in [5, 5.41) is 3.55. The Balaban J connectivity index is 3.57. The number of hydrogen-bond donors (Lipinski definition) is 1. The molecule has 0 aromatic carbocycles. The minimum Gasteiger partial charge on any atom is -0.312 e. The lowest BCUT2D eigenvalue weighted by Crippen LogP contribution is -2.38. The van der Waals surface area contributed by atoms with Crippen LogP contribution in [0.2, 0.25) is 0 Å². The van der Waals surface area contributed by atoms with Crippen LogP contribution in [0.3, 0.4) is 0 Å². The third kappa shape index (κ3) is 8.29. The van der Waals surface area contributed by atoms with Crippen LogP contribution in [-0.4, -0.2) is 12.1 Å². The van der Waals surface area contributed by atoms with Crippen molar-refractivity contribution in [1.82, 2.24) is 5.32 Å². The zero-order valence-corrected chi connectivity index (χ0v) is 10.3. The van der Waals surface area contributed by atoms with Gasteiger partial charge in [0.25, 0.3) is 0 Å². The highest BCUT2D eigenvalue weighted by Crippen LogP contribution is 2.14. The molecule has 0 aromatic rings. The van der Waals surface area contributed by atoms with Crippen LogP contribution in [0, 0.1) is 11.8 Å². The first-order chi connectivity index (χ1) is 5.85. The van der Waals surface area contributed by atoms with E-state index in [1.54, 1.807) is 0 Å². The van der Waals surface area contributed by atoms with Crippen LogP contribution in [0.5, 0.6) is 0 Å². The third-order valence-corrected chi connectivity index (χ3v) is 2.48. The van der Waals surface area contributed by atoms with Crippen molar-refractivity contribution in [3.8, 4) is 0 Å². The first-order valence-corrected chi connectivity index (χ1v) is 5.60. The van der Waals surface area contributed by atoms with Crippen LogP contribution in [-0.2, 0) is 0 Å². The molecule has 2 atom stereocenters. The van der Waals surface area contributed by atoms with E-state index in [2.05, 4.69) is 46.9 Å². The predicted molar refractivity (Wildman–Crippen MR) is 61.0 cm³/mol. The molecule has 80 valence electrons. The molecule has 13 heavy (non-hydrogen) atoms. The second kappa shape index (κ2) is 5.64. The van der Waals surface area contributed by atoms with Crippen LogP contribution in [0.25, 0.3) is 0 Å². The standard InChI is InChI=1S/C12H27N/c1-7-10(2)8-11(3)9-13-12(4,5)6/h10-11,13H,7-9H2,1-6H3. The molecule has 0 aliphatic rings. The average Bonchev–Trinajstić information content (AvgIpc) is 1.99. The lowest BCUT2D eigenvalue weighted by atomic mass is 9.94. The van der Waals surface area contributed by atoms with Crippen LogP contribution in [0.4, 0.5) is 0 Å². The van der Waals surface area contributed by atoms with Crippen molar-refractivity contribution in [1.29, 1.82) is 0 Å². The fourth-order valence-corrected chi connectivity index (χ4v) is 1.42. The van der Waals surface area contributed by atoms with Crippen molar-refractivity contribution < 1.29 is 0 Å². The fourth-order valence-electron chi connectivity index (χ4n) is 1.42. The van der Waals surface area contributed by atoms with Gasteiger partial charge in [0.1, 0.15) is 0 Å². The molecule has 0 rings (SSSR count). The van der Waals surface area contributed by atoms with Gasteiger partial charge in [0.15, 0.2) is 0 Å². The SMILES string of the molecule is CCC(C)CC(C)CNC(C)(C)C. The molecule has 0 radical (unpaired) electrons. The molecule has 1 nitrogen and oxygen atoms in total. The van der Waals surface area contributed by atoms with E-state index in [0.717, 1.165) is 18.4 Å². The molecule has 0 bridgehead atoms. The maximum Gasteiger partial charge on any atom is 0.00966 e. The van der Waals surface area contributed by atoms with E-state index in [1.807, 2.05) is 0 Å². The highest BCUT2D eigenvalue weighted by Gasteiger charge is 2.12. The minimum atomic E-state index is 0.268. The molecule has 0 spiro atoms. The Morgan fingerprint density at radius 2 is 1.62 bits per heavy atom. The molecule has 0 amide bonds. The molecule has 0 saturated heterocycles. The van der Waals surface area contributed by atoms with Crippen molar-refractivity contribution in [2.45, 2.75) is 59.9 Å². The summed E-state index contributed by atoms with van der Waals surface area (Å²) < 4.78 is 0. The summed E-state index contributed by atoms with van der Waals surface area (Å²) in [7, 11) is 0. The van der Waals surface area contributed by atoms with E-state index in [0.29, 0.717) is 0 Å². The highest BCUT2D eigenvalue weighted by atomic mass is 14.9. The molecular weight excluding hydrogens is 158 g/mol. The quantitative estimate of drug-likeness (QED) is 0.692. The van der Waals surface area contributed by atoms with E-state index < -0.39 is 0 Å². The molecular formula is C12H27N. The predicted octanol–water partition coefficient (Wildman–Crippen LogP) is 3.45. The Labute approximate surface area is 84.3 Å². The van der Waals surface area contributed by atoms with Gasteiger partial charge in [0.05, 0.1) is 0 Å². The molecule has 1 heteroatoms. The van der Waals surface area contributed by atoms with Crippen LogP contribution in [0.1, 0.15) is 54.4 Å². The second-order valence-corrected chi connectivity index (χ2v) is 5.49. The Kier molecular flexibility index (Phi) is 5.62. The second-order valence-electron chi connectivity index (χ2n) is 5.49. The monoisotopic (exact) mass is 185 g/mol. The summed E-state index contributed by atoms with van der Waals surface area (Å²) in [6.07, 6.45) is 2.65. The summed E-state index contributed by atoms with van der Waals surface area (Å²) in [5.74, 6) is 1.67. The molecule has 0 aliphatic carbocycles. The van der Waals surface area contributed by atoms with Crippen LogP contribution < -0.4 is 5.32 Å². The van der Waals surface area contributed by atoms with E-state index >= 15 is 0 Å². The summed E-state index contributed by atoms with van der Waals surface area (Å²) in [5.41, 5.74) is 0.268. The Hall–Kier alpha value is -0.0400. The Morgan fingerprint density at radius 3 is 2.00 bits per heavy atom. The molecule has 0 aliphatic heterocycles. The van der Waals surface area contributed by atoms with Gasteiger partial charge in [-0.2, -0.15) is 0 Å². The van der Waals surface area contributed by atoms with E-state index in [4.69, 9.17) is 0 Å². The first-order valence-electron chi connectivity index (χ1n) is 5.60. The maximum atomic E-state index is 3.55. The van der Waals surface area contributed by atoms with Crippen molar-refractivity contribution in [3.05, 3.63) is 0 Å². The number of rotatable bonds is 5. The molecule has 1 N–H and O–H groups in total. The Morgan fingerprint density at radius 1 is 1.08 bits per heavy atom. The van der Waals surface area contributed by atoms with Gasteiger partial charge in [-0.1, -0.05) is 27.2 Å².